The molecule has 1 N–H and O–H groups in total. The van der Waals surface area contributed by atoms with Gasteiger partial charge in [0.25, 0.3) is 0 Å². The van der Waals surface area contributed by atoms with Gasteiger partial charge in [0, 0.05) is 35.6 Å². The Labute approximate surface area is 208 Å². The third kappa shape index (κ3) is 5.81. The summed E-state index contributed by atoms with van der Waals surface area (Å²) in [4.78, 5) is 34.2. The van der Waals surface area contributed by atoms with Crippen molar-refractivity contribution in [3.05, 3.63) is 108 Å². The van der Waals surface area contributed by atoms with E-state index in [2.05, 4.69) is 15.3 Å². The van der Waals surface area contributed by atoms with Gasteiger partial charge in [-0.2, -0.15) is 0 Å². The van der Waals surface area contributed by atoms with Crippen LogP contribution in [0.2, 0.25) is 0 Å². The fourth-order valence-electron chi connectivity index (χ4n) is 3.78. The van der Waals surface area contributed by atoms with Crippen LogP contribution in [0.25, 0.3) is 11.3 Å². The molecule has 1 amide bonds. The summed E-state index contributed by atoms with van der Waals surface area (Å²) in [6.07, 6.45) is 5.53. The zero-order chi connectivity index (χ0) is 24.9. The Hall–Kier alpha value is -4.39. The van der Waals surface area contributed by atoms with Gasteiger partial charge in [-0.1, -0.05) is 24.3 Å². The van der Waals surface area contributed by atoms with E-state index in [-0.39, 0.29) is 36.5 Å². The van der Waals surface area contributed by atoms with Crippen molar-refractivity contribution in [2.75, 3.05) is 5.32 Å². The van der Waals surface area contributed by atoms with E-state index in [4.69, 9.17) is 4.74 Å². The minimum absolute atomic E-state index is 0.113. The van der Waals surface area contributed by atoms with Crippen LogP contribution < -0.4 is 10.1 Å². The first-order chi connectivity index (χ1) is 17.5. The summed E-state index contributed by atoms with van der Waals surface area (Å²) < 4.78 is 20.0. The molecule has 6 nitrogen and oxygen atoms in total. The van der Waals surface area contributed by atoms with E-state index < -0.39 is 0 Å². The lowest BCUT2D eigenvalue weighted by Gasteiger charge is -2.14. The molecule has 2 aromatic heterocycles. The van der Waals surface area contributed by atoms with Gasteiger partial charge in [0.2, 0.25) is 5.91 Å². The van der Waals surface area contributed by atoms with Gasteiger partial charge in [0.15, 0.2) is 5.78 Å². The zero-order valence-corrected chi connectivity index (χ0v) is 19.5. The van der Waals surface area contributed by atoms with Gasteiger partial charge in [0.05, 0.1) is 23.9 Å². The number of nitrogens with one attached hydrogen (secondary N) is 1. The highest BCUT2D eigenvalue weighted by atomic mass is 19.1. The molecule has 0 unspecified atom stereocenters. The first-order valence-corrected chi connectivity index (χ1v) is 11.8. The number of ether oxygens (including phenoxy) is 1. The lowest BCUT2D eigenvalue weighted by atomic mass is 10.0. The van der Waals surface area contributed by atoms with Crippen molar-refractivity contribution >= 4 is 17.4 Å². The first kappa shape index (κ1) is 23.4. The van der Waals surface area contributed by atoms with Crippen LogP contribution in [0.15, 0.2) is 85.2 Å². The average Bonchev–Trinajstić information content (AvgIpc) is 3.71. The summed E-state index contributed by atoms with van der Waals surface area (Å²) in [7, 11) is 0. The first-order valence-electron chi connectivity index (χ1n) is 11.8. The van der Waals surface area contributed by atoms with E-state index in [9.17, 15) is 14.0 Å². The SMILES string of the molecule is O=C(Cc1ccccn1)Nc1cc(C(=O)Cc2ccc(-c3ccccc3F)nc2)ccc1OC1CC1. The third-order valence-corrected chi connectivity index (χ3v) is 5.80. The van der Waals surface area contributed by atoms with E-state index in [1.54, 1.807) is 73.1 Å². The molecule has 1 aliphatic rings. The van der Waals surface area contributed by atoms with Crippen LogP contribution in [0.3, 0.4) is 0 Å². The van der Waals surface area contributed by atoms with Crippen molar-refractivity contribution in [2.24, 2.45) is 0 Å². The Morgan fingerprint density at radius 3 is 2.50 bits per heavy atom. The van der Waals surface area contributed by atoms with Crippen LogP contribution >= 0.6 is 0 Å². The number of anilines is 1. The Morgan fingerprint density at radius 1 is 0.944 bits per heavy atom. The second-order valence-electron chi connectivity index (χ2n) is 8.71. The summed E-state index contributed by atoms with van der Waals surface area (Å²) in [6, 6.07) is 20.4. The molecule has 0 saturated heterocycles. The molecule has 1 aliphatic carbocycles. The molecule has 0 atom stereocenters. The average molecular weight is 482 g/mol. The minimum atomic E-state index is -0.347. The molecule has 36 heavy (non-hydrogen) atoms. The Morgan fingerprint density at radius 2 is 1.78 bits per heavy atom. The number of amides is 1. The van der Waals surface area contributed by atoms with Crippen molar-refractivity contribution in [3.63, 3.8) is 0 Å². The predicted molar refractivity (Wildman–Crippen MR) is 134 cm³/mol. The minimum Gasteiger partial charge on any atom is -0.488 e. The molecule has 5 rings (SSSR count). The van der Waals surface area contributed by atoms with Crippen molar-refractivity contribution in [1.29, 1.82) is 0 Å². The molecule has 1 fully saturated rings. The zero-order valence-electron chi connectivity index (χ0n) is 19.5. The fraction of sp³-hybridized carbons (Fsp3) is 0.172. The molecule has 0 radical (unpaired) electrons. The van der Waals surface area contributed by atoms with Gasteiger partial charge in [-0.3, -0.25) is 19.6 Å². The smallest absolute Gasteiger partial charge is 0.230 e. The topological polar surface area (TPSA) is 81.2 Å². The maximum atomic E-state index is 14.0. The standard InChI is InChI=1S/C29H24FN3O3/c30-24-7-2-1-6-23(24)25-12-8-19(18-32-25)15-27(34)20-9-13-28(36-22-10-11-22)26(16-20)33-29(35)17-21-5-3-4-14-31-21/h1-9,12-14,16,18,22H,10-11,15,17H2,(H,33,35). The van der Waals surface area contributed by atoms with Crippen LogP contribution in [0.5, 0.6) is 5.75 Å². The van der Waals surface area contributed by atoms with Gasteiger partial charge >= 0.3 is 0 Å². The van der Waals surface area contributed by atoms with Crippen LogP contribution in [0.4, 0.5) is 10.1 Å². The Bertz CT molecular complexity index is 1390. The quantitative estimate of drug-likeness (QED) is 0.323. The number of halogens is 1. The molecule has 2 heterocycles. The van der Waals surface area contributed by atoms with Crippen molar-refractivity contribution in [3.8, 4) is 17.0 Å². The van der Waals surface area contributed by atoms with E-state index in [1.165, 1.54) is 6.07 Å². The molecule has 0 aliphatic heterocycles. The number of Topliss-reactive ketones (excluding diaryl/α,β-unsaturated/α-hetero) is 1. The lowest BCUT2D eigenvalue weighted by Crippen LogP contribution is -2.17. The monoisotopic (exact) mass is 481 g/mol. The summed E-state index contributed by atoms with van der Waals surface area (Å²) in [6.45, 7) is 0. The number of hydrogen-bond acceptors (Lipinski definition) is 5. The summed E-state index contributed by atoms with van der Waals surface area (Å²) in [5.74, 6) is -0.181. The van der Waals surface area contributed by atoms with Gasteiger partial charge in [-0.15, -0.1) is 0 Å². The largest absolute Gasteiger partial charge is 0.488 e. The molecular weight excluding hydrogens is 457 g/mol. The van der Waals surface area contributed by atoms with Gasteiger partial charge in [-0.05, 0) is 66.9 Å². The number of pyridine rings is 2. The fourth-order valence-corrected chi connectivity index (χ4v) is 3.78. The van der Waals surface area contributed by atoms with Crippen molar-refractivity contribution in [1.82, 2.24) is 9.97 Å². The van der Waals surface area contributed by atoms with Gasteiger partial charge < -0.3 is 10.1 Å². The van der Waals surface area contributed by atoms with E-state index >= 15 is 0 Å². The molecule has 0 bridgehead atoms. The van der Waals surface area contributed by atoms with Crippen LogP contribution in [-0.2, 0) is 17.6 Å². The van der Waals surface area contributed by atoms with Crippen LogP contribution in [-0.4, -0.2) is 27.8 Å². The lowest BCUT2D eigenvalue weighted by molar-refractivity contribution is -0.115. The van der Waals surface area contributed by atoms with Crippen LogP contribution in [0.1, 0.15) is 34.5 Å². The van der Waals surface area contributed by atoms with Crippen molar-refractivity contribution < 1.29 is 18.7 Å². The number of carbonyl (C=O) groups is 2. The number of benzene rings is 2. The van der Waals surface area contributed by atoms with E-state index in [1.807, 2.05) is 6.07 Å². The molecule has 180 valence electrons. The highest BCUT2D eigenvalue weighted by Gasteiger charge is 2.25. The van der Waals surface area contributed by atoms with Gasteiger partial charge in [-0.25, -0.2) is 4.39 Å². The Balaban J connectivity index is 1.31. The molecule has 4 aromatic rings. The summed E-state index contributed by atoms with van der Waals surface area (Å²) in [5.41, 5.74) is 3.18. The number of ketones is 1. The summed E-state index contributed by atoms with van der Waals surface area (Å²) >= 11 is 0. The Kier molecular flexibility index (Phi) is 6.80. The van der Waals surface area contributed by atoms with Crippen molar-refractivity contribution in [2.45, 2.75) is 31.8 Å². The predicted octanol–water partition coefficient (Wildman–Crippen LogP) is 5.43. The number of hydrogen-bond donors (Lipinski definition) is 1. The normalized spacial score (nSPS) is 12.7. The molecule has 7 heteroatoms. The highest BCUT2D eigenvalue weighted by molar-refractivity contribution is 6.00. The van der Waals surface area contributed by atoms with Crippen LogP contribution in [0, 0.1) is 5.82 Å². The van der Waals surface area contributed by atoms with Gasteiger partial charge in [0.1, 0.15) is 11.6 Å². The number of nitrogens with zero attached hydrogens (tertiary/aromatic N) is 2. The van der Waals surface area contributed by atoms with E-state index in [0.29, 0.717) is 39.5 Å². The number of rotatable bonds is 9. The molecule has 1 saturated carbocycles. The maximum Gasteiger partial charge on any atom is 0.230 e. The molecule has 0 spiro atoms. The highest BCUT2D eigenvalue weighted by Crippen LogP contribution is 2.33. The molecule has 2 aromatic carbocycles. The molecular formula is C29H24FN3O3. The number of carbonyl (C=O) groups excluding carboxylic acids is 2. The van der Waals surface area contributed by atoms with E-state index in [0.717, 1.165) is 12.8 Å². The second kappa shape index (κ2) is 10.5. The third-order valence-electron chi connectivity index (χ3n) is 5.80. The second-order valence-corrected chi connectivity index (χ2v) is 8.71. The number of aromatic nitrogens is 2. The summed E-state index contributed by atoms with van der Waals surface area (Å²) in [5, 5.41) is 2.88. The maximum absolute atomic E-state index is 14.0.